The number of nitrogens with one attached hydrogen (secondary N) is 2. The Morgan fingerprint density at radius 1 is 1.17 bits per heavy atom. The van der Waals surface area contributed by atoms with E-state index in [4.69, 9.17) is 10.5 Å². The van der Waals surface area contributed by atoms with Crippen LogP contribution < -0.4 is 11.1 Å². The number of nitrogens with two attached hydrogens (primary N) is 1. The molecule has 0 unspecified atom stereocenters. The Morgan fingerprint density at radius 2 is 1.87 bits per heavy atom. The van der Waals surface area contributed by atoms with Crippen molar-refractivity contribution in [2.45, 2.75) is 45.3 Å². The minimum absolute atomic E-state index is 0.348. The second-order valence-corrected chi connectivity index (χ2v) is 8.12. The van der Waals surface area contributed by atoms with Gasteiger partial charge in [-0.25, -0.2) is 4.79 Å². The Bertz CT molecular complexity index is 949. The number of aryl methyl sites for hydroxylation is 1. The number of carbonyl (C=O) groups is 1. The first kappa shape index (κ1) is 21.5. The molecular weight excluding hydrogens is 378 g/mol. The maximum atomic E-state index is 11.8. The number of H-pyrrole nitrogens is 1. The van der Waals surface area contributed by atoms with E-state index < -0.39 is 11.7 Å². The number of hydrogen-bond donors (Lipinski definition) is 3. The number of carbonyl (C=O) groups excluding carboxylic acids is 1. The number of nitrogens with zero attached hydrogens (tertiary/aromatic N) is 2. The van der Waals surface area contributed by atoms with Crippen LogP contribution in [0, 0.1) is 0 Å². The molecule has 3 rings (SSSR count). The largest absolute Gasteiger partial charge is 0.444 e. The molecule has 0 saturated carbocycles. The summed E-state index contributed by atoms with van der Waals surface area (Å²) in [5.74, 6) is 0. The zero-order chi connectivity index (χ0) is 21.6. The van der Waals surface area contributed by atoms with Crippen LogP contribution in [0.4, 0.5) is 4.79 Å². The lowest BCUT2D eigenvalue weighted by Crippen LogP contribution is -2.33. The molecular formula is C23H29N5O2. The molecule has 2 aromatic heterocycles. The highest BCUT2D eigenvalue weighted by Crippen LogP contribution is 2.32. The summed E-state index contributed by atoms with van der Waals surface area (Å²) >= 11 is 0. The third kappa shape index (κ3) is 5.67. The number of alkyl carbamates (subject to hydrolysis) is 1. The summed E-state index contributed by atoms with van der Waals surface area (Å²) in [5.41, 5.74) is 10.8. The van der Waals surface area contributed by atoms with E-state index in [1.165, 1.54) is 0 Å². The van der Waals surface area contributed by atoms with E-state index in [2.05, 4.69) is 20.5 Å². The van der Waals surface area contributed by atoms with E-state index in [1.54, 1.807) is 12.4 Å². The van der Waals surface area contributed by atoms with Crippen molar-refractivity contribution in [3.63, 3.8) is 0 Å². The first-order valence-corrected chi connectivity index (χ1v) is 10.1. The SMILES string of the molecule is CC(C)(C)OC(=O)NCCCc1[nH]nc([C@H](N)c2ccccc2)c1-c1ccncc1. The Morgan fingerprint density at radius 3 is 2.53 bits per heavy atom. The standard InChI is InChI=1S/C23H29N5O2/c1-23(2,3)30-22(29)26-13-7-10-18-19(16-11-14-25-15-12-16)21(28-27-18)20(24)17-8-5-4-6-9-17/h4-6,8-9,11-12,14-15,20H,7,10,13,24H2,1-3H3,(H,26,29)(H,27,28)/t20-/m1/s1. The normalized spacial score (nSPS) is 12.4. The average Bonchev–Trinajstić information content (AvgIpc) is 3.14. The topological polar surface area (TPSA) is 106 Å². The lowest BCUT2D eigenvalue weighted by Gasteiger charge is -2.19. The molecule has 0 aliphatic rings. The Labute approximate surface area is 177 Å². The molecule has 158 valence electrons. The van der Waals surface area contributed by atoms with Crippen molar-refractivity contribution in [1.82, 2.24) is 20.5 Å². The zero-order valence-corrected chi connectivity index (χ0v) is 17.7. The van der Waals surface area contributed by atoms with Gasteiger partial charge in [0.1, 0.15) is 5.60 Å². The molecule has 0 aliphatic carbocycles. The van der Waals surface area contributed by atoms with E-state index in [1.807, 2.05) is 63.2 Å². The van der Waals surface area contributed by atoms with Crippen molar-refractivity contribution in [1.29, 1.82) is 0 Å². The summed E-state index contributed by atoms with van der Waals surface area (Å²) in [6.07, 6.45) is 4.55. The minimum Gasteiger partial charge on any atom is -0.444 e. The molecule has 4 N–H and O–H groups in total. The van der Waals surface area contributed by atoms with Gasteiger partial charge in [-0.3, -0.25) is 10.1 Å². The van der Waals surface area contributed by atoms with Gasteiger partial charge < -0.3 is 15.8 Å². The number of rotatable bonds is 7. The quantitative estimate of drug-likeness (QED) is 0.514. The molecule has 0 radical (unpaired) electrons. The monoisotopic (exact) mass is 407 g/mol. The molecule has 0 aliphatic heterocycles. The van der Waals surface area contributed by atoms with Gasteiger partial charge in [-0.1, -0.05) is 30.3 Å². The zero-order valence-electron chi connectivity index (χ0n) is 17.7. The van der Waals surface area contributed by atoms with Crippen molar-refractivity contribution in [3.8, 4) is 11.1 Å². The van der Waals surface area contributed by atoms with Gasteiger partial charge in [0, 0.05) is 30.2 Å². The second kappa shape index (κ2) is 9.54. The highest BCUT2D eigenvalue weighted by molar-refractivity contribution is 5.70. The summed E-state index contributed by atoms with van der Waals surface area (Å²) in [5, 5.41) is 10.5. The molecule has 0 spiro atoms. The minimum atomic E-state index is -0.509. The van der Waals surface area contributed by atoms with E-state index in [9.17, 15) is 4.79 Å². The fourth-order valence-electron chi connectivity index (χ4n) is 3.23. The summed E-state index contributed by atoms with van der Waals surface area (Å²) in [7, 11) is 0. The molecule has 3 aromatic rings. The van der Waals surface area contributed by atoms with E-state index in [0.29, 0.717) is 13.0 Å². The highest BCUT2D eigenvalue weighted by atomic mass is 16.6. The van der Waals surface area contributed by atoms with Crippen LogP contribution in [0.3, 0.4) is 0 Å². The van der Waals surface area contributed by atoms with Crippen LogP contribution in [-0.4, -0.2) is 33.4 Å². The van der Waals surface area contributed by atoms with E-state index >= 15 is 0 Å². The van der Waals surface area contributed by atoms with Crippen LogP contribution in [0.15, 0.2) is 54.9 Å². The molecule has 1 aromatic carbocycles. The van der Waals surface area contributed by atoms with Gasteiger partial charge in [-0.15, -0.1) is 0 Å². The highest BCUT2D eigenvalue weighted by Gasteiger charge is 2.21. The number of aromatic amines is 1. The lowest BCUT2D eigenvalue weighted by molar-refractivity contribution is 0.0527. The van der Waals surface area contributed by atoms with E-state index in [0.717, 1.165) is 34.5 Å². The van der Waals surface area contributed by atoms with Crippen LogP contribution in [-0.2, 0) is 11.2 Å². The number of hydrogen-bond acceptors (Lipinski definition) is 5. The van der Waals surface area contributed by atoms with Crippen molar-refractivity contribution >= 4 is 6.09 Å². The van der Waals surface area contributed by atoms with Gasteiger partial charge in [0.2, 0.25) is 0 Å². The van der Waals surface area contributed by atoms with Crippen LogP contribution in [0.1, 0.15) is 50.2 Å². The predicted molar refractivity (Wildman–Crippen MR) is 117 cm³/mol. The van der Waals surface area contributed by atoms with Gasteiger partial charge in [0.15, 0.2) is 0 Å². The third-order valence-electron chi connectivity index (χ3n) is 4.56. The van der Waals surface area contributed by atoms with Crippen LogP contribution in [0.5, 0.6) is 0 Å². The summed E-state index contributed by atoms with van der Waals surface area (Å²) in [4.78, 5) is 16.0. The van der Waals surface area contributed by atoms with Gasteiger partial charge in [0.05, 0.1) is 11.7 Å². The summed E-state index contributed by atoms with van der Waals surface area (Å²) in [6.45, 7) is 6.03. The first-order valence-electron chi connectivity index (χ1n) is 10.1. The number of benzene rings is 1. The van der Waals surface area contributed by atoms with Crippen molar-refractivity contribution in [2.24, 2.45) is 5.73 Å². The molecule has 30 heavy (non-hydrogen) atoms. The molecule has 0 saturated heterocycles. The molecule has 1 atom stereocenters. The molecule has 1 amide bonds. The number of amides is 1. The molecule has 0 fully saturated rings. The van der Waals surface area contributed by atoms with Gasteiger partial charge in [0.25, 0.3) is 0 Å². The van der Waals surface area contributed by atoms with Gasteiger partial charge in [-0.2, -0.15) is 5.10 Å². The molecule has 0 bridgehead atoms. The molecule has 2 heterocycles. The maximum Gasteiger partial charge on any atom is 0.407 e. The van der Waals surface area contributed by atoms with Crippen molar-refractivity contribution < 1.29 is 9.53 Å². The number of aromatic nitrogens is 3. The lowest BCUT2D eigenvalue weighted by atomic mass is 9.95. The molecule has 7 nitrogen and oxygen atoms in total. The fraction of sp³-hybridized carbons (Fsp3) is 0.348. The summed E-state index contributed by atoms with van der Waals surface area (Å²) < 4.78 is 5.27. The number of ether oxygens (including phenoxy) is 1. The smallest absolute Gasteiger partial charge is 0.407 e. The van der Waals surface area contributed by atoms with Crippen molar-refractivity contribution in [2.75, 3.05) is 6.54 Å². The first-order chi connectivity index (χ1) is 14.3. The fourth-order valence-corrected chi connectivity index (χ4v) is 3.23. The predicted octanol–water partition coefficient (Wildman–Crippen LogP) is 3.98. The second-order valence-electron chi connectivity index (χ2n) is 8.12. The van der Waals surface area contributed by atoms with E-state index in [-0.39, 0.29) is 6.04 Å². The molecule has 7 heteroatoms. The third-order valence-corrected chi connectivity index (χ3v) is 4.56. The van der Waals surface area contributed by atoms with Gasteiger partial charge in [-0.05, 0) is 56.9 Å². The van der Waals surface area contributed by atoms with Gasteiger partial charge >= 0.3 is 6.09 Å². The van der Waals surface area contributed by atoms with Crippen LogP contribution in [0.2, 0.25) is 0 Å². The van der Waals surface area contributed by atoms with Crippen LogP contribution in [0.25, 0.3) is 11.1 Å². The average molecular weight is 408 g/mol. The Balaban J connectivity index is 1.75. The maximum absolute atomic E-state index is 11.8. The Kier molecular flexibility index (Phi) is 6.84. The van der Waals surface area contributed by atoms with Crippen LogP contribution >= 0.6 is 0 Å². The number of pyridine rings is 1. The van der Waals surface area contributed by atoms with Crippen molar-refractivity contribution in [3.05, 3.63) is 71.8 Å². The summed E-state index contributed by atoms with van der Waals surface area (Å²) in [6, 6.07) is 13.5. The Hall–Kier alpha value is -3.19.